The van der Waals surface area contributed by atoms with Gasteiger partial charge in [0.05, 0.1) is 6.54 Å². The van der Waals surface area contributed by atoms with Crippen LogP contribution in [-0.2, 0) is 4.79 Å². The topological polar surface area (TPSA) is 77.5 Å². The summed E-state index contributed by atoms with van der Waals surface area (Å²) in [5, 5.41) is 9.02. The first-order chi connectivity index (χ1) is 16.4. The van der Waals surface area contributed by atoms with Crippen molar-refractivity contribution in [2.24, 2.45) is 0 Å². The minimum atomic E-state index is -0.898. The van der Waals surface area contributed by atoms with E-state index in [0.717, 1.165) is 11.1 Å². The number of carboxylic acid groups (broad SMARTS) is 1. The van der Waals surface area contributed by atoms with Crippen LogP contribution in [0.3, 0.4) is 0 Å². The summed E-state index contributed by atoms with van der Waals surface area (Å²) in [6.45, 7) is 2.53. The fourth-order valence-electron chi connectivity index (χ4n) is 3.61. The molecule has 0 spiro atoms. The van der Waals surface area contributed by atoms with Gasteiger partial charge in [0, 0.05) is 25.1 Å². The minimum absolute atomic E-state index is 0.0752. The number of nitrogens with zero attached hydrogens (tertiary/aromatic N) is 1. The van der Waals surface area contributed by atoms with E-state index in [-0.39, 0.29) is 19.2 Å². The largest absolute Gasteiger partial charge is 0.486 e. The first-order valence-electron chi connectivity index (χ1n) is 10.9. The summed E-state index contributed by atoms with van der Waals surface area (Å²) in [4.78, 5) is 12.7. The van der Waals surface area contributed by atoms with Crippen molar-refractivity contribution >= 4 is 5.97 Å². The Kier molecular flexibility index (Phi) is 7.18. The van der Waals surface area contributed by atoms with Crippen molar-refractivity contribution in [1.29, 1.82) is 0 Å². The van der Waals surface area contributed by atoms with E-state index in [9.17, 15) is 9.18 Å². The van der Waals surface area contributed by atoms with Crippen LogP contribution in [0.2, 0.25) is 0 Å². The second kappa shape index (κ2) is 10.4. The van der Waals surface area contributed by atoms with E-state index >= 15 is 0 Å². The highest BCUT2D eigenvalue weighted by molar-refractivity contribution is 5.69. The van der Waals surface area contributed by atoms with E-state index in [1.54, 1.807) is 48.3 Å². The summed E-state index contributed by atoms with van der Waals surface area (Å²) in [5.74, 6) is 1.88. The molecule has 0 aliphatic carbocycles. The lowest BCUT2D eigenvalue weighted by Gasteiger charge is -2.23. The average molecular weight is 467 g/mol. The Hall–Kier alpha value is -3.78. The molecule has 1 atom stereocenters. The SMILES string of the molecule is Cc1ccc(OC(CCN(C)CC(=O)O)c2ccc(F)cc2)cc1Oc1ccc2c(c1)OCO2. The van der Waals surface area contributed by atoms with Gasteiger partial charge in [-0.25, -0.2) is 4.39 Å². The Morgan fingerprint density at radius 3 is 2.56 bits per heavy atom. The van der Waals surface area contributed by atoms with Crippen LogP contribution in [0.1, 0.15) is 23.7 Å². The molecule has 1 N–H and O–H groups in total. The van der Waals surface area contributed by atoms with Gasteiger partial charge in [-0.05, 0) is 55.4 Å². The molecule has 1 unspecified atom stereocenters. The second-order valence-electron chi connectivity index (χ2n) is 8.12. The zero-order valence-electron chi connectivity index (χ0n) is 19.0. The van der Waals surface area contributed by atoms with Gasteiger partial charge in [-0.2, -0.15) is 0 Å². The molecule has 0 radical (unpaired) electrons. The smallest absolute Gasteiger partial charge is 0.317 e. The lowest BCUT2D eigenvalue weighted by molar-refractivity contribution is -0.138. The number of fused-ring (bicyclic) bond motifs is 1. The first-order valence-corrected chi connectivity index (χ1v) is 10.9. The number of rotatable bonds is 10. The van der Waals surface area contributed by atoms with Gasteiger partial charge in [0.2, 0.25) is 6.79 Å². The minimum Gasteiger partial charge on any atom is -0.486 e. The van der Waals surface area contributed by atoms with Crippen molar-refractivity contribution in [1.82, 2.24) is 4.90 Å². The van der Waals surface area contributed by atoms with E-state index < -0.39 is 12.1 Å². The fourth-order valence-corrected chi connectivity index (χ4v) is 3.61. The molecule has 0 aromatic heterocycles. The van der Waals surface area contributed by atoms with E-state index in [1.165, 1.54) is 12.1 Å². The number of carboxylic acids is 1. The molecule has 3 aromatic carbocycles. The standard InChI is InChI=1S/C26H26FNO6/c1-17-3-8-20(13-24(17)34-21-9-10-23-25(14-21)32-16-31-23)33-22(11-12-28(2)15-26(29)30)18-4-6-19(27)7-5-18/h3-10,13-14,22H,11-12,15-16H2,1-2H3,(H,29,30). The highest BCUT2D eigenvalue weighted by Gasteiger charge is 2.18. The van der Waals surface area contributed by atoms with Gasteiger partial charge in [-0.15, -0.1) is 0 Å². The molecule has 0 amide bonds. The van der Waals surface area contributed by atoms with Crippen LogP contribution < -0.4 is 18.9 Å². The summed E-state index contributed by atoms with van der Waals surface area (Å²) >= 11 is 0. The molecule has 0 saturated carbocycles. The zero-order chi connectivity index (χ0) is 24.1. The number of aryl methyl sites for hydroxylation is 1. The third-order valence-corrected chi connectivity index (χ3v) is 5.43. The van der Waals surface area contributed by atoms with Crippen LogP contribution in [0.25, 0.3) is 0 Å². The molecule has 0 fully saturated rings. The van der Waals surface area contributed by atoms with Gasteiger partial charge in [-0.3, -0.25) is 9.69 Å². The number of benzene rings is 3. The zero-order valence-corrected chi connectivity index (χ0v) is 19.0. The predicted octanol–water partition coefficient (Wildman–Crippen LogP) is 5.18. The first kappa shape index (κ1) is 23.4. The molecule has 1 aliphatic rings. The summed E-state index contributed by atoms with van der Waals surface area (Å²) < 4.78 is 36.6. The van der Waals surface area contributed by atoms with E-state index in [0.29, 0.717) is 41.7 Å². The molecule has 7 nitrogen and oxygen atoms in total. The Labute approximate surface area is 197 Å². The van der Waals surface area contributed by atoms with Crippen LogP contribution in [0.15, 0.2) is 60.7 Å². The lowest BCUT2D eigenvalue weighted by Crippen LogP contribution is -2.28. The van der Waals surface area contributed by atoms with Crippen molar-refractivity contribution in [2.45, 2.75) is 19.4 Å². The number of likely N-dealkylation sites (N-methyl/N-ethyl adjacent to an activating group) is 1. The number of hydrogen-bond acceptors (Lipinski definition) is 6. The van der Waals surface area contributed by atoms with Gasteiger partial charge < -0.3 is 24.1 Å². The highest BCUT2D eigenvalue weighted by Crippen LogP contribution is 2.38. The predicted molar refractivity (Wildman–Crippen MR) is 123 cm³/mol. The Bertz CT molecular complexity index is 1150. The van der Waals surface area contributed by atoms with Gasteiger partial charge in [0.25, 0.3) is 0 Å². The fraction of sp³-hybridized carbons (Fsp3) is 0.269. The molecule has 8 heteroatoms. The second-order valence-corrected chi connectivity index (χ2v) is 8.12. The monoisotopic (exact) mass is 467 g/mol. The van der Waals surface area contributed by atoms with Crippen LogP contribution >= 0.6 is 0 Å². The van der Waals surface area contributed by atoms with E-state index in [4.69, 9.17) is 24.1 Å². The number of hydrogen-bond donors (Lipinski definition) is 1. The summed E-state index contributed by atoms with van der Waals surface area (Å²) in [6.07, 6.45) is 0.111. The number of aliphatic carboxylic acids is 1. The lowest BCUT2D eigenvalue weighted by atomic mass is 10.1. The number of ether oxygens (including phenoxy) is 4. The van der Waals surface area contributed by atoms with Crippen molar-refractivity contribution in [3.8, 4) is 28.7 Å². The van der Waals surface area contributed by atoms with E-state index in [1.807, 2.05) is 19.1 Å². The molecule has 0 saturated heterocycles. The van der Waals surface area contributed by atoms with Crippen LogP contribution in [0, 0.1) is 12.7 Å². The molecular formula is C26H26FNO6. The molecule has 4 rings (SSSR count). The van der Waals surface area contributed by atoms with Gasteiger partial charge in [-0.1, -0.05) is 18.2 Å². The maximum atomic E-state index is 13.5. The molecule has 34 heavy (non-hydrogen) atoms. The Morgan fingerprint density at radius 2 is 1.79 bits per heavy atom. The molecule has 1 aliphatic heterocycles. The van der Waals surface area contributed by atoms with Crippen LogP contribution in [-0.4, -0.2) is 42.9 Å². The van der Waals surface area contributed by atoms with Crippen molar-refractivity contribution < 1.29 is 33.2 Å². The van der Waals surface area contributed by atoms with Crippen molar-refractivity contribution in [2.75, 3.05) is 26.9 Å². The van der Waals surface area contributed by atoms with Gasteiger partial charge >= 0.3 is 5.97 Å². The Morgan fingerprint density at radius 1 is 1.06 bits per heavy atom. The summed E-state index contributed by atoms with van der Waals surface area (Å²) in [6, 6.07) is 17.0. The normalized spacial score (nSPS) is 13.1. The quantitative estimate of drug-likeness (QED) is 0.440. The number of carbonyl (C=O) groups is 1. The van der Waals surface area contributed by atoms with Crippen molar-refractivity contribution in [3.63, 3.8) is 0 Å². The molecule has 1 heterocycles. The van der Waals surface area contributed by atoms with Crippen LogP contribution in [0.4, 0.5) is 4.39 Å². The molecular weight excluding hydrogens is 441 g/mol. The molecule has 3 aromatic rings. The average Bonchev–Trinajstić information content (AvgIpc) is 3.27. The third kappa shape index (κ3) is 5.96. The van der Waals surface area contributed by atoms with Crippen LogP contribution in [0.5, 0.6) is 28.7 Å². The summed E-state index contributed by atoms with van der Waals surface area (Å²) in [7, 11) is 1.74. The van der Waals surface area contributed by atoms with E-state index in [2.05, 4.69) is 0 Å². The molecule has 178 valence electrons. The maximum Gasteiger partial charge on any atom is 0.317 e. The third-order valence-electron chi connectivity index (χ3n) is 5.43. The maximum absolute atomic E-state index is 13.5. The Balaban J connectivity index is 1.52. The van der Waals surface area contributed by atoms with Crippen molar-refractivity contribution in [3.05, 3.63) is 77.6 Å². The van der Waals surface area contributed by atoms with Gasteiger partial charge in [0.1, 0.15) is 29.2 Å². The summed E-state index contributed by atoms with van der Waals surface area (Å²) in [5.41, 5.74) is 1.72. The van der Waals surface area contributed by atoms with Gasteiger partial charge in [0.15, 0.2) is 11.5 Å². The highest BCUT2D eigenvalue weighted by atomic mass is 19.1. The number of halogens is 1. The molecule has 0 bridgehead atoms.